The molecule has 38 heavy (non-hydrogen) atoms. The summed E-state index contributed by atoms with van der Waals surface area (Å²) >= 11 is 4.47. The van der Waals surface area contributed by atoms with Gasteiger partial charge >= 0.3 is 5.97 Å². The van der Waals surface area contributed by atoms with Crippen LogP contribution in [0.15, 0.2) is 65.7 Å². The predicted molar refractivity (Wildman–Crippen MR) is 146 cm³/mol. The molecule has 1 aromatic heterocycles. The quantitative estimate of drug-likeness (QED) is 0.350. The molecule has 2 atom stereocenters. The number of methoxy groups -OCH3 is 1. The molecule has 0 spiro atoms. The van der Waals surface area contributed by atoms with Gasteiger partial charge in [0.15, 0.2) is 0 Å². The number of rotatable bonds is 7. The summed E-state index contributed by atoms with van der Waals surface area (Å²) in [7, 11) is 0.212. The second-order valence-corrected chi connectivity index (χ2v) is 11.6. The van der Waals surface area contributed by atoms with Gasteiger partial charge in [0.25, 0.3) is 0 Å². The fourth-order valence-corrected chi connectivity index (χ4v) is 6.70. The van der Waals surface area contributed by atoms with Gasteiger partial charge in [-0.1, -0.05) is 18.2 Å². The van der Waals surface area contributed by atoms with E-state index in [2.05, 4.69) is 22.3 Å². The second kappa shape index (κ2) is 11.1. The van der Waals surface area contributed by atoms with Crippen molar-refractivity contribution in [3.63, 3.8) is 0 Å². The Kier molecular flexibility index (Phi) is 8.05. The summed E-state index contributed by atoms with van der Waals surface area (Å²) in [6, 6.07) is 13.6. The zero-order valence-corrected chi connectivity index (χ0v) is 22.9. The van der Waals surface area contributed by atoms with E-state index in [0.29, 0.717) is 22.2 Å². The molecule has 10 nitrogen and oxygen atoms in total. The van der Waals surface area contributed by atoms with Gasteiger partial charge in [-0.2, -0.15) is 16.9 Å². The number of para-hydroxylation sites is 1. The first-order valence-electron chi connectivity index (χ1n) is 11.8. The van der Waals surface area contributed by atoms with Crippen LogP contribution < -0.4 is 4.90 Å². The van der Waals surface area contributed by atoms with Crippen LogP contribution in [0.5, 0.6) is 0 Å². The number of benzene rings is 2. The monoisotopic (exact) mass is 556 g/mol. The van der Waals surface area contributed by atoms with Crippen LogP contribution in [0.1, 0.15) is 16.8 Å². The first-order chi connectivity index (χ1) is 18.0. The van der Waals surface area contributed by atoms with E-state index in [0.717, 1.165) is 4.31 Å². The third-order valence-corrected chi connectivity index (χ3v) is 8.78. The molecule has 1 aliphatic rings. The van der Waals surface area contributed by atoms with E-state index in [-0.39, 0.29) is 35.6 Å². The Bertz CT molecular complexity index is 1470. The first kappa shape index (κ1) is 27.6. The van der Waals surface area contributed by atoms with E-state index in [1.807, 2.05) is 0 Å². The number of amides is 2. The highest BCUT2D eigenvalue weighted by Crippen LogP contribution is 2.32. The van der Waals surface area contributed by atoms with E-state index in [1.54, 1.807) is 43.4 Å². The number of aromatic nitrogens is 1. The average Bonchev–Trinajstić information content (AvgIpc) is 3.33. The number of esters is 1. The number of nitrogens with zero attached hydrogens (tertiary/aromatic N) is 4. The van der Waals surface area contributed by atoms with E-state index in [1.165, 1.54) is 48.4 Å². The largest absolute Gasteiger partial charge is 0.465 e. The molecule has 2 amide bonds. The van der Waals surface area contributed by atoms with Crippen molar-refractivity contribution < 1.29 is 27.5 Å². The number of fused-ring (bicyclic) bond motifs is 1. The van der Waals surface area contributed by atoms with Crippen LogP contribution in [0.4, 0.5) is 5.69 Å². The molecule has 3 aromatic rings. The van der Waals surface area contributed by atoms with Crippen molar-refractivity contribution in [3.8, 4) is 0 Å². The molecule has 1 aliphatic heterocycles. The van der Waals surface area contributed by atoms with E-state index in [4.69, 9.17) is 0 Å². The topological polar surface area (TPSA) is 117 Å². The Hall–Kier alpha value is -3.48. The van der Waals surface area contributed by atoms with Crippen molar-refractivity contribution in [2.75, 3.05) is 39.2 Å². The lowest BCUT2D eigenvalue weighted by Gasteiger charge is -2.28. The number of pyridine rings is 1. The van der Waals surface area contributed by atoms with Crippen LogP contribution in [0.3, 0.4) is 0 Å². The van der Waals surface area contributed by atoms with E-state index in [9.17, 15) is 22.8 Å². The highest BCUT2D eigenvalue weighted by molar-refractivity contribution is 7.89. The number of likely N-dealkylation sites (N-methyl/N-ethyl adjacent to an activating group) is 2. The molecule has 1 saturated heterocycles. The van der Waals surface area contributed by atoms with Crippen molar-refractivity contribution in [1.29, 1.82) is 0 Å². The Morgan fingerprint density at radius 1 is 1.08 bits per heavy atom. The van der Waals surface area contributed by atoms with Crippen molar-refractivity contribution in [2.24, 2.45) is 0 Å². The van der Waals surface area contributed by atoms with Gasteiger partial charge in [0.05, 0.1) is 24.7 Å². The number of thiol groups is 1. The molecular formula is C26H28N4O6S2. The van der Waals surface area contributed by atoms with Gasteiger partial charge in [-0.25, -0.2) is 13.2 Å². The molecule has 4 rings (SSSR count). The first-order valence-corrected chi connectivity index (χ1v) is 13.7. The molecule has 0 saturated carbocycles. The van der Waals surface area contributed by atoms with Crippen LogP contribution in [0, 0.1) is 0 Å². The number of hydrogen-bond donors (Lipinski definition) is 1. The highest BCUT2D eigenvalue weighted by Gasteiger charge is 2.44. The maximum atomic E-state index is 13.7. The van der Waals surface area contributed by atoms with E-state index < -0.39 is 27.9 Å². The lowest BCUT2D eigenvalue weighted by atomic mass is 10.2. The number of sulfonamides is 1. The molecule has 2 aromatic carbocycles. The third kappa shape index (κ3) is 5.38. The maximum absolute atomic E-state index is 13.7. The Balaban J connectivity index is 1.51. The Labute approximate surface area is 226 Å². The zero-order chi connectivity index (χ0) is 27.6. The Morgan fingerprint density at radius 3 is 2.45 bits per heavy atom. The fraction of sp³-hybridized carbons (Fsp3) is 0.308. The van der Waals surface area contributed by atoms with Crippen LogP contribution in [-0.4, -0.2) is 86.0 Å². The van der Waals surface area contributed by atoms with Crippen molar-refractivity contribution in [1.82, 2.24) is 14.2 Å². The lowest BCUT2D eigenvalue weighted by molar-refractivity contribution is -0.136. The summed E-state index contributed by atoms with van der Waals surface area (Å²) in [5.74, 6) is -1.38. The molecular weight excluding hydrogens is 528 g/mol. The van der Waals surface area contributed by atoms with Gasteiger partial charge in [0.1, 0.15) is 10.9 Å². The van der Waals surface area contributed by atoms with Gasteiger partial charge < -0.3 is 14.5 Å². The molecule has 2 unspecified atom stereocenters. The van der Waals surface area contributed by atoms with Crippen LogP contribution in [0.25, 0.3) is 10.9 Å². The lowest BCUT2D eigenvalue weighted by Crippen LogP contribution is -2.49. The normalized spacial score (nSPS) is 17.8. The number of carbonyl (C=O) groups is 3. The summed E-state index contributed by atoms with van der Waals surface area (Å²) in [4.78, 5) is 44.9. The summed E-state index contributed by atoms with van der Waals surface area (Å²) < 4.78 is 33.3. The Morgan fingerprint density at radius 2 is 1.76 bits per heavy atom. The second-order valence-electron chi connectivity index (χ2n) is 9.00. The molecule has 2 heterocycles. The minimum atomic E-state index is -4.09. The van der Waals surface area contributed by atoms with Gasteiger partial charge in [0, 0.05) is 43.2 Å². The van der Waals surface area contributed by atoms with Crippen molar-refractivity contribution in [2.45, 2.75) is 22.6 Å². The smallest absolute Gasteiger partial charge is 0.337 e. The molecule has 1 fully saturated rings. The van der Waals surface area contributed by atoms with E-state index >= 15 is 0 Å². The number of ether oxygens (including phenoxy) is 1. The summed E-state index contributed by atoms with van der Waals surface area (Å²) in [6.07, 6.45) is 1.73. The standard InChI is InChI=1S/C26H28N4O6S2/c1-28(16-23(31)29(2)19-11-9-18(10-12-19)26(33)36-3)25(32)21-14-20(37)15-30(21)38(34,35)22-8-4-6-17-7-5-13-27-24(17)22/h4-13,20-21,37H,14-16H2,1-3H3. The SMILES string of the molecule is COC(=O)c1ccc(N(C)C(=O)CN(C)C(=O)C2CC(S)CN2S(=O)(=O)c2cccc3cccnc23)cc1. The minimum Gasteiger partial charge on any atom is -0.465 e. The predicted octanol–water partition coefficient (Wildman–Crippen LogP) is 2.20. The molecule has 12 heteroatoms. The van der Waals surface area contributed by atoms with Gasteiger partial charge in [-0.3, -0.25) is 14.6 Å². The minimum absolute atomic E-state index is 0.0182. The number of anilines is 1. The number of carbonyl (C=O) groups excluding carboxylic acids is 3. The van der Waals surface area contributed by atoms with Crippen molar-refractivity contribution >= 4 is 57.0 Å². The molecule has 0 bridgehead atoms. The van der Waals surface area contributed by atoms with Crippen molar-refractivity contribution in [3.05, 3.63) is 66.4 Å². The maximum Gasteiger partial charge on any atom is 0.337 e. The molecule has 200 valence electrons. The third-order valence-electron chi connectivity index (χ3n) is 6.50. The summed E-state index contributed by atoms with van der Waals surface area (Å²) in [5, 5.41) is 0.324. The summed E-state index contributed by atoms with van der Waals surface area (Å²) in [6.45, 7) is -0.217. The van der Waals surface area contributed by atoms with Gasteiger partial charge in [-0.15, -0.1) is 0 Å². The number of hydrogen-bond acceptors (Lipinski definition) is 8. The fourth-order valence-electron chi connectivity index (χ4n) is 4.41. The molecule has 0 N–H and O–H groups in total. The summed E-state index contributed by atoms with van der Waals surface area (Å²) in [5.41, 5.74) is 1.19. The van der Waals surface area contributed by atoms with Gasteiger partial charge in [-0.05, 0) is 42.8 Å². The molecule has 0 aliphatic carbocycles. The average molecular weight is 557 g/mol. The van der Waals surface area contributed by atoms with Crippen LogP contribution in [0.2, 0.25) is 0 Å². The van der Waals surface area contributed by atoms with Gasteiger partial charge in [0.2, 0.25) is 21.8 Å². The highest BCUT2D eigenvalue weighted by atomic mass is 32.2. The zero-order valence-electron chi connectivity index (χ0n) is 21.1. The molecule has 0 radical (unpaired) electrons. The van der Waals surface area contributed by atoms with Crippen LogP contribution in [-0.2, 0) is 24.3 Å². The van der Waals surface area contributed by atoms with Crippen LogP contribution >= 0.6 is 12.6 Å².